The summed E-state index contributed by atoms with van der Waals surface area (Å²) >= 11 is 0. The van der Waals surface area contributed by atoms with Gasteiger partial charge in [0.15, 0.2) is 0 Å². The molecule has 1 atom stereocenters. The molecule has 0 amide bonds. The van der Waals surface area contributed by atoms with Crippen LogP contribution in [0.15, 0.2) is 18.5 Å². The van der Waals surface area contributed by atoms with E-state index < -0.39 is 0 Å². The fourth-order valence-electron chi connectivity index (χ4n) is 1.89. The first-order valence-corrected chi connectivity index (χ1v) is 4.86. The highest BCUT2D eigenvalue weighted by Crippen LogP contribution is 2.27. The molecule has 1 aliphatic rings. The van der Waals surface area contributed by atoms with Gasteiger partial charge in [-0.3, -0.25) is 4.98 Å². The van der Waals surface area contributed by atoms with Crippen molar-refractivity contribution in [3.8, 4) is 0 Å². The van der Waals surface area contributed by atoms with Gasteiger partial charge in [-0.05, 0) is 12.5 Å². The van der Waals surface area contributed by atoms with E-state index in [0.29, 0.717) is 11.6 Å². The molecular formula is C10H15N3O. The van der Waals surface area contributed by atoms with Gasteiger partial charge in [0.2, 0.25) is 0 Å². The van der Waals surface area contributed by atoms with Crippen molar-refractivity contribution in [3.63, 3.8) is 0 Å². The molecule has 2 heterocycles. The number of hydrogen-bond donors (Lipinski definition) is 2. The minimum atomic E-state index is 0.265. The molecule has 1 saturated heterocycles. The summed E-state index contributed by atoms with van der Waals surface area (Å²) in [4.78, 5) is 6.16. The molecule has 1 aromatic heterocycles. The Morgan fingerprint density at radius 3 is 3.14 bits per heavy atom. The Morgan fingerprint density at radius 1 is 1.64 bits per heavy atom. The lowest BCUT2D eigenvalue weighted by Crippen LogP contribution is -2.21. The van der Waals surface area contributed by atoms with E-state index in [-0.39, 0.29) is 6.61 Å². The summed E-state index contributed by atoms with van der Waals surface area (Å²) < 4.78 is 0. The van der Waals surface area contributed by atoms with E-state index in [1.54, 1.807) is 12.4 Å². The van der Waals surface area contributed by atoms with Gasteiger partial charge < -0.3 is 15.7 Å². The molecule has 0 radical (unpaired) electrons. The number of rotatable bonds is 2. The highest BCUT2D eigenvalue weighted by atomic mass is 16.3. The van der Waals surface area contributed by atoms with E-state index in [9.17, 15) is 0 Å². The molecule has 4 nitrogen and oxygen atoms in total. The van der Waals surface area contributed by atoms with Crippen LogP contribution in [0.5, 0.6) is 0 Å². The number of nitrogen functional groups attached to an aromatic ring is 1. The van der Waals surface area contributed by atoms with Gasteiger partial charge in [-0.2, -0.15) is 0 Å². The van der Waals surface area contributed by atoms with E-state index in [4.69, 9.17) is 10.8 Å². The standard InChI is InChI=1S/C10H15N3O/c11-9-5-12-3-1-10(9)13-4-2-8(6-13)7-14/h1,3,5,8,14H,2,4,6-7,11H2. The van der Waals surface area contributed by atoms with Gasteiger partial charge in [-0.25, -0.2) is 0 Å². The van der Waals surface area contributed by atoms with Crippen LogP contribution in [0.1, 0.15) is 6.42 Å². The average molecular weight is 193 g/mol. The SMILES string of the molecule is Nc1cnccc1N1CCC(CO)C1. The number of nitrogens with two attached hydrogens (primary N) is 1. The summed E-state index contributed by atoms with van der Waals surface area (Å²) in [6.45, 7) is 2.13. The Bertz CT molecular complexity index is 316. The van der Waals surface area contributed by atoms with E-state index in [1.165, 1.54) is 0 Å². The van der Waals surface area contributed by atoms with Gasteiger partial charge in [0.1, 0.15) is 0 Å². The minimum Gasteiger partial charge on any atom is -0.396 e. The van der Waals surface area contributed by atoms with Crippen molar-refractivity contribution in [3.05, 3.63) is 18.5 Å². The Kier molecular flexibility index (Phi) is 2.54. The number of aliphatic hydroxyl groups excluding tert-OH is 1. The number of hydrogen-bond acceptors (Lipinski definition) is 4. The number of nitrogens with zero attached hydrogens (tertiary/aromatic N) is 2. The highest BCUT2D eigenvalue weighted by Gasteiger charge is 2.22. The fraction of sp³-hybridized carbons (Fsp3) is 0.500. The molecule has 1 unspecified atom stereocenters. The maximum atomic E-state index is 9.03. The zero-order valence-corrected chi connectivity index (χ0v) is 8.06. The van der Waals surface area contributed by atoms with Gasteiger partial charge in [0.25, 0.3) is 0 Å². The molecule has 76 valence electrons. The molecule has 2 rings (SSSR count). The molecule has 1 aromatic rings. The molecule has 4 heteroatoms. The molecule has 1 fully saturated rings. The first-order chi connectivity index (χ1) is 6.81. The van der Waals surface area contributed by atoms with E-state index in [0.717, 1.165) is 25.2 Å². The lowest BCUT2D eigenvalue weighted by Gasteiger charge is -2.19. The first kappa shape index (κ1) is 9.27. The van der Waals surface area contributed by atoms with Crippen molar-refractivity contribution < 1.29 is 5.11 Å². The van der Waals surface area contributed by atoms with Crippen LogP contribution in [0.25, 0.3) is 0 Å². The van der Waals surface area contributed by atoms with E-state index in [1.807, 2.05) is 6.07 Å². The van der Waals surface area contributed by atoms with Gasteiger partial charge in [0, 0.05) is 31.8 Å². The lowest BCUT2D eigenvalue weighted by molar-refractivity contribution is 0.238. The zero-order chi connectivity index (χ0) is 9.97. The number of anilines is 2. The third-order valence-electron chi connectivity index (χ3n) is 2.71. The Labute approximate surface area is 83.4 Å². The normalized spacial score (nSPS) is 21.5. The predicted octanol–water partition coefficient (Wildman–Crippen LogP) is 0.482. The third kappa shape index (κ3) is 1.65. The van der Waals surface area contributed by atoms with Crippen LogP contribution in [0.4, 0.5) is 11.4 Å². The van der Waals surface area contributed by atoms with Gasteiger partial charge in [-0.1, -0.05) is 0 Å². The number of pyridine rings is 1. The Morgan fingerprint density at radius 2 is 2.50 bits per heavy atom. The average Bonchev–Trinajstić information content (AvgIpc) is 2.67. The second-order valence-electron chi connectivity index (χ2n) is 3.72. The number of aromatic nitrogens is 1. The molecule has 0 aromatic carbocycles. The molecule has 3 N–H and O–H groups in total. The summed E-state index contributed by atoms with van der Waals surface area (Å²) in [6, 6.07) is 1.93. The van der Waals surface area contributed by atoms with Crippen molar-refractivity contribution in [2.24, 2.45) is 5.92 Å². The molecule has 0 aliphatic carbocycles. The molecule has 0 saturated carbocycles. The molecule has 14 heavy (non-hydrogen) atoms. The van der Waals surface area contributed by atoms with Crippen LogP contribution < -0.4 is 10.6 Å². The summed E-state index contributed by atoms with van der Waals surface area (Å²) in [5.41, 5.74) is 7.57. The second kappa shape index (κ2) is 3.84. The fourth-order valence-corrected chi connectivity index (χ4v) is 1.89. The van der Waals surface area contributed by atoms with Crippen LogP contribution >= 0.6 is 0 Å². The lowest BCUT2D eigenvalue weighted by atomic mass is 10.1. The Balaban J connectivity index is 2.13. The van der Waals surface area contributed by atoms with Crippen molar-refractivity contribution >= 4 is 11.4 Å². The number of aliphatic hydroxyl groups is 1. The second-order valence-corrected chi connectivity index (χ2v) is 3.72. The van der Waals surface area contributed by atoms with Crippen molar-refractivity contribution in [1.82, 2.24) is 4.98 Å². The molecular weight excluding hydrogens is 178 g/mol. The van der Waals surface area contributed by atoms with Crippen LogP contribution in [-0.2, 0) is 0 Å². The summed E-state index contributed by atoms with van der Waals surface area (Å²) in [7, 11) is 0. The van der Waals surface area contributed by atoms with Gasteiger partial charge in [-0.15, -0.1) is 0 Å². The Hall–Kier alpha value is -1.29. The van der Waals surface area contributed by atoms with Crippen molar-refractivity contribution in [1.29, 1.82) is 0 Å². The summed E-state index contributed by atoms with van der Waals surface area (Å²) in [6.07, 6.45) is 4.46. The van der Waals surface area contributed by atoms with E-state index in [2.05, 4.69) is 9.88 Å². The largest absolute Gasteiger partial charge is 0.396 e. The monoisotopic (exact) mass is 193 g/mol. The van der Waals surface area contributed by atoms with Crippen LogP contribution in [0, 0.1) is 5.92 Å². The van der Waals surface area contributed by atoms with Crippen LogP contribution in [0.3, 0.4) is 0 Å². The van der Waals surface area contributed by atoms with E-state index >= 15 is 0 Å². The zero-order valence-electron chi connectivity index (χ0n) is 8.06. The highest BCUT2D eigenvalue weighted by molar-refractivity contribution is 5.66. The van der Waals surface area contributed by atoms with Gasteiger partial charge in [0.05, 0.1) is 17.6 Å². The first-order valence-electron chi connectivity index (χ1n) is 4.86. The van der Waals surface area contributed by atoms with Crippen LogP contribution in [-0.4, -0.2) is 29.8 Å². The van der Waals surface area contributed by atoms with Crippen molar-refractivity contribution in [2.75, 3.05) is 30.3 Å². The predicted molar refractivity (Wildman–Crippen MR) is 56.1 cm³/mol. The summed E-state index contributed by atoms with van der Waals surface area (Å²) in [5, 5.41) is 9.03. The molecule has 0 bridgehead atoms. The minimum absolute atomic E-state index is 0.265. The topological polar surface area (TPSA) is 62.4 Å². The smallest absolute Gasteiger partial charge is 0.0738 e. The van der Waals surface area contributed by atoms with Crippen molar-refractivity contribution in [2.45, 2.75) is 6.42 Å². The maximum absolute atomic E-state index is 9.03. The summed E-state index contributed by atoms with van der Waals surface area (Å²) in [5.74, 6) is 0.391. The quantitative estimate of drug-likeness (QED) is 0.717. The van der Waals surface area contributed by atoms with Crippen LogP contribution in [0.2, 0.25) is 0 Å². The van der Waals surface area contributed by atoms with Gasteiger partial charge >= 0.3 is 0 Å². The third-order valence-corrected chi connectivity index (χ3v) is 2.71. The molecule has 1 aliphatic heterocycles. The maximum Gasteiger partial charge on any atom is 0.0738 e. The molecule has 0 spiro atoms.